The fourth-order valence-corrected chi connectivity index (χ4v) is 0.543. The lowest BCUT2D eigenvalue weighted by Gasteiger charge is -2.03. The fraction of sp³-hybridized carbons (Fsp3) is 0.500. The normalized spacial score (nSPS) is 13.7. The highest BCUT2D eigenvalue weighted by atomic mass is 16.4. The van der Waals surface area contributed by atoms with Crippen LogP contribution in [0.3, 0.4) is 0 Å². The number of carbonyl (C=O) groups is 1. The highest BCUT2D eigenvalue weighted by Gasteiger charge is 1.99. The number of carbonyl (C=O) groups excluding carboxylic acids is 1. The first-order valence-corrected chi connectivity index (χ1v) is 4.52. The summed E-state index contributed by atoms with van der Waals surface area (Å²) in [6.45, 7) is 2.93. The van der Waals surface area contributed by atoms with Gasteiger partial charge in [0.05, 0.1) is 12.2 Å². The van der Waals surface area contributed by atoms with Crippen LogP contribution in [0.2, 0.25) is 0 Å². The molecular formula is C10H16O5. The standard InChI is InChI=1S/C6H6O3.C4H10O2/c7-3-5-1-2-6(4-8)9-5;1-3(5)4(2)6/h1-3,8H,4H2;3-6H,1-2H3. The highest BCUT2D eigenvalue weighted by molar-refractivity contribution is 5.70. The van der Waals surface area contributed by atoms with Gasteiger partial charge in [0.2, 0.25) is 0 Å². The maximum absolute atomic E-state index is 9.96. The minimum atomic E-state index is -0.593. The summed E-state index contributed by atoms with van der Waals surface area (Å²) in [6, 6.07) is 3.07. The second-order valence-electron chi connectivity index (χ2n) is 3.06. The molecule has 0 aliphatic heterocycles. The smallest absolute Gasteiger partial charge is 0.185 e. The molecule has 0 amide bonds. The van der Waals surface area contributed by atoms with Crippen LogP contribution in [0.1, 0.15) is 30.2 Å². The van der Waals surface area contributed by atoms with Crippen LogP contribution in [0, 0.1) is 0 Å². The summed E-state index contributed by atoms with van der Waals surface area (Å²) >= 11 is 0. The molecule has 1 aromatic rings. The molecule has 2 atom stereocenters. The van der Waals surface area contributed by atoms with E-state index >= 15 is 0 Å². The molecule has 5 heteroatoms. The van der Waals surface area contributed by atoms with Crippen LogP contribution in [0.4, 0.5) is 0 Å². The van der Waals surface area contributed by atoms with Crippen LogP contribution in [0.25, 0.3) is 0 Å². The molecule has 0 aliphatic rings. The number of rotatable bonds is 3. The summed E-state index contributed by atoms with van der Waals surface area (Å²) in [5, 5.41) is 25.2. The van der Waals surface area contributed by atoms with Crippen molar-refractivity contribution < 1.29 is 24.5 Å². The van der Waals surface area contributed by atoms with E-state index in [1.807, 2.05) is 0 Å². The molecule has 0 saturated carbocycles. The second-order valence-corrected chi connectivity index (χ2v) is 3.06. The second kappa shape index (κ2) is 7.17. The Labute approximate surface area is 88.0 Å². The molecule has 0 radical (unpaired) electrons. The van der Waals surface area contributed by atoms with Gasteiger partial charge in [0.1, 0.15) is 12.4 Å². The molecule has 0 bridgehead atoms. The lowest BCUT2D eigenvalue weighted by Crippen LogP contribution is -2.17. The number of hydrogen-bond donors (Lipinski definition) is 3. The van der Waals surface area contributed by atoms with Gasteiger partial charge in [-0.05, 0) is 26.0 Å². The molecule has 0 aliphatic carbocycles. The average Bonchev–Trinajstić information content (AvgIpc) is 2.66. The molecule has 1 heterocycles. The molecule has 1 rings (SSSR count). The van der Waals surface area contributed by atoms with Gasteiger partial charge in [-0.15, -0.1) is 0 Å². The Bertz CT molecular complexity index is 271. The Kier molecular flexibility index (Phi) is 6.61. The van der Waals surface area contributed by atoms with Crippen LogP contribution >= 0.6 is 0 Å². The van der Waals surface area contributed by atoms with Gasteiger partial charge in [0, 0.05) is 0 Å². The molecule has 1 aromatic heterocycles. The highest BCUT2D eigenvalue weighted by Crippen LogP contribution is 2.03. The molecule has 15 heavy (non-hydrogen) atoms. The van der Waals surface area contributed by atoms with Crippen molar-refractivity contribution in [2.75, 3.05) is 0 Å². The van der Waals surface area contributed by atoms with E-state index in [2.05, 4.69) is 0 Å². The van der Waals surface area contributed by atoms with Crippen LogP contribution in [-0.2, 0) is 6.61 Å². The summed E-state index contributed by atoms with van der Waals surface area (Å²) in [5.74, 6) is 0.663. The maximum Gasteiger partial charge on any atom is 0.185 e. The van der Waals surface area contributed by atoms with Crippen LogP contribution in [0.15, 0.2) is 16.5 Å². The topological polar surface area (TPSA) is 90.9 Å². The summed E-state index contributed by atoms with van der Waals surface area (Å²) < 4.78 is 4.76. The quantitative estimate of drug-likeness (QED) is 0.633. The predicted octanol–water partition coefficient (Wildman–Crippen LogP) is 0.332. The predicted molar refractivity (Wildman–Crippen MR) is 53.4 cm³/mol. The number of aldehydes is 1. The zero-order valence-corrected chi connectivity index (χ0v) is 8.75. The molecule has 0 spiro atoms. The van der Waals surface area contributed by atoms with Gasteiger partial charge in [-0.2, -0.15) is 0 Å². The van der Waals surface area contributed by atoms with E-state index < -0.39 is 12.2 Å². The van der Waals surface area contributed by atoms with E-state index in [9.17, 15) is 4.79 Å². The lowest BCUT2D eigenvalue weighted by molar-refractivity contribution is 0.0438. The Balaban J connectivity index is 0.000000288. The first kappa shape index (κ1) is 13.8. The fourth-order valence-electron chi connectivity index (χ4n) is 0.543. The number of aliphatic hydroxyl groups excluding tert-OH is 3. The first-order valence-electron chi connectivity index (χ1n) is 4.52. The van der Waals surface area contributed by atoms with Crippen molar-refractivity contribution in [1.82, 2.24) is 0 Å². The Hall–Kier alpha value is -1.17. The minimum absolute atomic E-state index is 0.159. The van der Waals surface area contributed by atoms with Gasteiger partial charge in [0.15, 0.2) is 12.0 Å². The third kappa shape index (κ3) is 6.01. The summed E-state index contributed by atoms with van der Waals surface area (Å²) in [4.78, 5) is 9.96. The third-order valence-electron chi connectivity index (χ3n) is 1.65. The van der Waals surface area contributed by atoms with Crippen molar-refractivity contribution >= 4 is 6.29 Å². The SMILES string of the molecule is CC(O)C(C)O.O=Cc1ccc(CO)o1. The molecule has 3 N–H and O–H groups in total. The van der Waals surface area contributed by atoms with E-state index in [1.54, 1.807) is 19.9 Å². The Morgan fingerprint density at radius 2 is 1.87 bits per heavy atom. The van der Waals surface area contributed by atoms with E-state index in [4.69, 9.17) is 19.7 Å². The van der Waals surface area contributed by atoms with Gasteiger partial charge in [-0.1, -0.05) is 0 Å². The molecule has 0 fully saturated rings. The number of furan rings is 1. The van der Waals surface area contributed by atoms with Gasteiger partial charge in [-0.25, -0.2) is 0 Å². The number of hydrogen-bond acceptors (Lipinski definition) is 5. The molecule has 0 aromatic carbocycles. The molecule has 0 saturated heterocycles. The van der Waals surface area contributed by atoms with Crippen molar-refractivity contribution in [1.29, 1.82) is 0 Å². The first-order chi connectivity index (χ1) is 7.01. The zero-order valence-electron chi connectivity index (χ0n) is 8.75. The van der Waals surface area contributed by atoms with E-state index in [0.29, 0.717) is 12.0 Å². The Morgan fingerprint density at radius 1 is 1.33 bits per heavy atom. The minimum Gasteiger partial charge on any atom is -0.456 e. The summed E-state index contributed by atoms with van der Waals surface area (Å²) in [6.07, 6.45) is -0.589. The van der Waals surface area contributed by atoms with Gasteiger partial charge in [0.25, 0.3) is 0 Å². The molecule has 86 valence electrons. The van der Waals surface area contributed by atoms with Crippen molar-refractivity contribution in [3.63, 3.8) is 0 Å². The van der Waals surface area contributed by atoms with Gasteiger partial charge in [-0.3, -0.25) is 4.79 Å². The monoisotopic (exact) mass is 216 g/mol. The van der Waals surface area contributed by atoms with Gasteiger partial charge >= 0.3 is 0 Å². The van der Waals surface area contributed by atoms with E-state index in [0.717, 1.165) is 0 Å². The number of aliphatic hydroxyl groups is 3. The summed E-state index contributed by atoms with van der Waals surface area (Å²) in [5.41, 5.74) is 0. The lowest BCUT2D eigenvalue weighted by atomic mass is 10.3. The molecular weight excluding hydrogens is 200 g/mol. The van der Waals surface area contributed by atoms with Crippen molar-refractivity contribution in [2.24, 2.45) is 0 Å². The zero-order chi connectivity index (χ0) is 11.8. The Morgan fingerprint density at radius 3 is 2.07 bits per heavy atom. The van der Waals surface area contributed by atoms with Crippen molar-refractivity contribution in [3.05, 3.63) is 23.7 Å². The van der Waals surface area contributed by atoms with Crippen LogP contribution in [-0.4, -0.2) is 33.8 Å². The van der Waals surface area contributed by atoms with Gasteiger partial charge < -0.3 is 19.7 Å². The summed E-state index contributed by atoms with van der Waals surface area (Å²) in [7, 11) is 0. The maximum atomic E-state index is 9.96. The third-order valence-corrected chi connectivity index (χ3v) is 1.65. The van der Waals surface area contributed by atoms with Crippen LogP contribution < -0.4 is 0 Å². The molecule has 2 unspecified atom stereocenters. The van der Waals surface area contributed by atoms with Crippen molar-refractivity contribution in [3.8, 4) is 0 Å². The van der Waals surface area contributed by atoms with E-state index in [1.165, 1.54) is 6.07 Å². The van der Waals surface area contributed by atoms with E-state index in [-0.39, 0.29) is 12.4 Å². The van der Waals surface area contributed by atoms with Crippen LogP contribution in [0.5, 0.6) is 0 Å². The molecule has 5 nitrogen and oxygen atoms in total. The largest absolute Gasteiger partial charge is 0.456 e. The average molecular weight is 216 g/mol. The van der Waals surface area contributed by atoms with Crippen molar-refractivity contribution in [2.45, 2.75) is 32.7 Å².